The number of hydrogen-bond donors (Lipinski definition) is 1. The largest absolute Gasteiger partial charge is 0.381 e. The van der Waals surface area contributed by atoms with Crippen molar-refractivity contribution in [2.45, 2.75) is 64.1 Å². The molecule has 2 rings (SSSR count). The molecule has 2 fully saturated rings. The van der Waals surface area contributed by atoms with Crippen LogP contribution >= 0.6 is 0 Å². The summed E-state index contributed by atoms with van der Waals surface area (Å²) in [5.41, 5.74) is 6.07. The molecule has 4 unspecified atom stereocenters. The lowest BCUT2D eigenvalue weighted by molar-refractivity contribution is -0.00203. The molecule has 2 saturated heterocycles. The van der Waals surface area contributed by atoms with Gasteiger partial charge in [-0.3, -0.25) is 4.90 Å². The minimum Gasteiger partial charge on any atom is -0.381 e. The van der Waals surface area contributed by atoms with Crippen LogP contribution in [0.1, 0.15) is 46.0 Å². The Bertz CT molecular complexity index is 228. The van der Waals surface area contributed by atoms with E-state index in [1.165, 1.54) is 32.1 Å². The number of rotatable bonds is 4. The van der Waals surface area contributed by atoms with Crippen molar-refractivity contribution < 1.29 is 4.74 Å². The first-order valence-electron chi connectivity index (χ1n) is 7.33. The highest BCUT2D eigenvalue weighted by molar-refractivity contribution is 4.93. The van der Waals surface area contributed by atoms with Crippen molar-refractivity contribution in [2.75, 3.05) is 19.8 Å². The molecule has 0 aromatic heterocycles. The van der Waals surface area contributed by atoms with Crippen molar-refractivity contribution in [3.05, 3.63) is 0 Å². The van der Waals surface area contributed by atoms with Crippen molar-refractivity contribution in [1.29, 1.82) is 0 Å². The molecule has 17 heavy (non-hydrogen) atoms. The van der Waals surface area contributed by atoms with Crippen molar-refractivity contribution in [3.63, 3.8) is 0 Å². The van der Waals surface area contributed by atoms with E-state index in [1.54, 1.807) is 0 Å². The SMILES string of the molecule is CCC1CCC(C)N1C(CN)C1CCCOC1. The number of likely N-dealkylation sites (tertiary alicyclic amines) is 1. The van der Waals surface area contributed by atoms with Crippen LogP contribution < -0.4 is 5.73 Å². The zero-order valence-electron chi connectivity index (χ0n) is 11.4. The van der Waals surface area contributed by atoms with E-state index >= 15 is 0 Å². The maximum absolute atomic E-state index is 6.07. The Morgan fingerprint density at radius 3 is 2.76 bits per heavy atom. The van der Waals surface area contributed by atoms with Crippen LogP contribution in [0.5, 0.6) is 0 Å². The summed E-state index contributed by atoms with van der Waals surface area (Å²) in [6.45, 7) is 7.32. The van der Waals surface area contributed by atoms with Gasteiger partial charge in [0.2, 0.25) is 0 Å². The van der Waals surface area contributed by atoms with Crippen LogP contribution in [0.25, 0.3) is 0 Å². The van der Waals surface area contributed by atoms with Gasteiger partial charge in [0.1, 0.15) is 0 Å². The van der Waals surface area contributed by atoms with Gasteiger partial charge >= 0.3 is 0 Å². The average Bonchev–Trinajstić information content (AvgIpc) is 2.74. The van der Waals surface area contributed by atoms with Crippen molar-refractivity contribution in [2.24, 2.45) is 11.7 Å². The molecule has 100 valence electrons. The van der Waals surface area contributed by atoms with E-state index in [2.05, 4.69) is 18.7 Å². The van der Waals surface area contributed by atoms with Crippen molar-refractivity contribution >= 4 is 0 Å². The third-order valence-corrected chi connectivity index (χ3v) is 4.68. The quantitative estimate of drug-likeness (QED) is 0.817. The Hall–Kier alpha value is -0.120. The highest BCUT2D eigenvalue weighted by Crippen LogP contribution is 2.32. The summed E-state index contributed by atoms with van der Waals surface area (Å²) in [6, 6.07) is 1.99. The Morgan fingerprint density at radius 2 is 2.18 bits per heavy atom. The van der Waals surface area contributed by atoms with E-state index in [0.717, 1.165) is 25.8 Å². The molecular formula is C14H28N2O. The fourth-order valence-corrected chi connectivity index (χ4v) is 3.73. The Balaban J connectivity index is 2.04. The summed E-state index contributed by atoms with van der Waals surface area (Å²) in [5.74, 6) is 0.656. The Labute approximate surface area is 106 Å². The number of ether oxygens (including phenoxy) is 1. The first-order chi connectivity index (χ1) is 8.27. The minimum atomic E-state index is 0.540. The predicted octanol–water partition coefficient (Wildman–Crippen LogP) is 2.00. The van der Waals surface area contributed by atoms with Crippen LogP contribution in [-0.2, 0) is 4.74 Å². The molecule has 0 saturated carbocycles. The van der Waals surface area contributed by atoms with Crippen molar-refractivity contribution in [1.82, 2.24) is 4.90 Å². The smallest absolute Gasteiger partial charge is 0.0509 e. The van der Waals surface area contributed by atoms with Crippen LogP contribution in [0.15, 0.2) is 0 Å². The molecular weight excluding hydrogens is 212 g/mol. The summed E-state index contributed by atoms with van der Waals surface area (Å²) >= 11 is 0. The molecule has 0 amide bonds. The third-order valence-electron chi connectivity index (χ3n) is 4.68. The molecule has 0 bridgehead atoms. The van der Waals surface area contributed by atoms with E-state index in [4.69, 9.17) is 10.5 Å². The normalized spacial score (nSPS) is 37.2. The zero-order chi connectivity index (χ0) is 12.3. The van der Waals surface area contributed by atoms with Crippen molar-refractivity contribution in [3.8, 4) is 0 Å². The monoisotopic (exact) mass is 240 g/mol. The fraction of sp³-hybridized carbons (Fsp3) is 1.00. The number of nitrogens with zero attached hydrogens (tertiary/aromatic N) is 1. The molecule has 0 radical (unpaired) electrons. The van der Waals surface area contributed by atoms with Gasteiger partial charge in [-0.25, -0.2) is 0 Å². The lowest BCUT2D eigenvalue weighted by Gasteiger charge is -2.41. The maximum atomic E-state index is 6.07. The zero-order valence-corrected chi connectivity index (χ0v) is 11.4. The summed E-state index contributed by atoms with van der Waals surface area (Å²) < 4.78 is 5.65. The lowest BCUT2D eigenvalue weighted by Crippen LogP contribution is -2.52. The summed E-state index contributed by atoms with van der Waals surface area (Å²) in [6.07, 6.45) is 6.44. The van der Waals surface area contributed by atoms with E-state index in [-0.39, 0.29) is 0 Å². The van der Waals surface area contributed by atoms with E-state index in [9.17, 15) is 0 Å². The van der Waals surface area contributed by atoms with Crippen LogP contribution in [0.4, 0.5) is 0 Å². The fourth-order valence-electron chi connectivity index (χ4n) is 3.73. The van der Waals surface area contributed by atoms with Crippen LogP contribution in [0, 0.1) is 5.92 Å². The third kappa shape index (κ3) is 2.83. The maximum Gasteiger partial charge on any atom is 0.0509 e. The second-order valence-corrected chi connectivity index (χ2v) is 5.72. The first kappa shape index (κ1) is 13.3. The second-order valence-electron chi connectivity index (χ2n) is 5.72. The van der Waals surface area contributed by atoms with Gasteiger partial charge in [0.25, 0.3) is 0 Å². The summed E-state index contributed by atoms with van der Waals surface area (Å²) in [7, 11) is 0. The molecule has 3 nitrogen and oxygen atoms in total. The Kier molecular flexibility index (Phi) is 4.83. The standard InChI is InChI=1S/C14H28N2O/c1-3-13-7-6-11(2)16(13)14(9-15)12-5-4-8-17-10-12/h11-14H,3-10,15H2,1-2H3. The molecule has 0 aliphatic carbocycles. The van der Waals surface area contributed by atoms with Gasteiger partial charge in [-0.15, -0.1) is 0 Å². The summed E-state index contributed by atoms with van der Waals surface area (Å²) in [5, 5.41) is 0. The van der Waals surface area contributed by atoms with E-state index in [1.807, 2.05) is 0 Å². The van der Waals surface area contributed by atoms with Gasteiger partial charge in [-0.05, 0) is 44.9 Å². The van der Waals surface area contributed by atoms with Crippen LogP contribution in [-0.4, -0.2) is 42.8 Å². The van der Waals surface area contributed by atoms with Gasteiger partial charge in [0, 0.05) is 31.3 Å². The lowest BCUT2D eigenvalue weighted by atomic mass is 9.91. The minimum absolute atomic E-state index is 0.540. The second kappa shape index (κ2) is 6.17. The molecule has 2 heterocycles. The predicted molar refractivity (Wildman–Crippen MR) is 71.0 cm³/mol. The van der Waals surface area contributed by atoms with Crippen LogP contribution in [0.2, 0.25) is 0 Å². The molecule has 2 aliphatic rings. The summed E-state index contributed by atoms with van der Waals surface area (Å²) in [4.78, 5) is 2.71. The van der Waals surface area contributed by atoms with Gasteiger partial charge in [0.05, 0.1) is 6.61 Å². The highest BCUT2D eigenvalue weighted by Gasteiger charge is 2.38. The molecule has 3 heteroatoms. The van der Waals surface area contributed by atoms with Crippen LogP contribution in [0.3, 0.4) is 0 Å². The molecule has 0 spiro atoms. The first-order valence-corrected chi connectivity index (χ1v) is 7.33. The average molecular weight is 240 g/mol. The molecule has 4 atom stereocenters. The van der Waals surface area contributed by atoms with Gasteiger partial charge < -0.3 is 10.5 Å². The molecule has 0 aromatic rings. The van der Waals surface area contributed by atoms with Gasteiger partial charge in [-0.1, -0.05) is 6.92 Å². The highest BCUT2D eigenvalue weighted by atomic mass is 16.5. The van der Waals surface area contributed by atoms with E-state index < -0.39 is 0 Å². The van der Waals surface area contributed by atoms with E-state index in [0.29, 0.717) is 18.0 Å². The molecule has 0 aromatic carbocycles. The topological polar surface area (TPSA) is 38.5 Å². The number of hydrogen-bond acceptors (Lipinski definition) is 3. The molecule has 2 N–H and O–H groups in total. The van der Waals surface area contributed by atoms with Gasteiger partial charge in [-0.2, -0.15) is 0 Å². The molecule has 2 aliphatic heterocycles. The van der Waals surface area contributed by atoms with Gasteiger partial charge in [0.15, 0.2) is 0 Å². The Morgan fingerprint density at radius 1 is 1.35 bits per heavy atom. The number of nitrogens with two attached hydrogens (primary N) is 1.